The van der Waals surface area contributed by atoms with Crippen LogP contribution in [0.25, 0.3) is 0 Å². The van der Waals surface area contributed by atoms with Crippen molar-refractivity contribution in [2.45, 2.75) is 6.42 Å². The highest BCUT2D eigenvalue weighted by molar-refractivity contribution is 5.22. The Morgan fingerprint density at radius 1 is 1.15 bits per heavy atom. The zero-order valence-electron chi connectivity index (χ0n) is 7.27. The summed E-state index contributed by atoms with van der Waals surface area (Å²) in [6.07, 6.45) is 4.62. The van der Waals surface area contributed by atoms with Crippen molar-refractivity contribution in [2.75, 3.05) is 0 Å². The van der Waals surface area contributed by atoms with Crippen LogP contribution in [0.1, 0.15) is 11.1 Å². The van der Waals surface area contributed by atoms with Gasteiger partial charge in [0, 0.05) is 12.4 Å². The summed E-state index contributed by atoms with van der Waals surface area (Å²) in [5.41, 5.74) is 2.51. The molecule has 2 rings (SSSR count). The van der Waals surface area contributed by atoms with Gasteiger partial charge in [-0.05, 0) is 29.7 Å². The minimum Gasteiger partial charge on any atom is -0.264 e. The van der Waals surface area contributed by atoms with Gasteiger partial charge >= 0.3 is 0 Å². The van der Waals surface area contributed by atoms with Crippen LogP contribution in [0, 0.1) is 6.07 Å². The molecule has 0 unspecified atom stereocenters. The van der Waals surface area contributed by atoms with Crippen molar-refractivity contribution >= 4 is 0 Å². The highest BCUT2D eigenvalue weighted by atomic mass is 14.6. The van der Waals surface area contributed by atoms with Crippen LogP contribution >= 0.6 is 0 Å². The number of rotatable bonds is 2. The Hall–Kier alpha value is -1.63. The number of benzene rings is 1. The maximum Gasteiger partial charge on any atom is 0.0303 e. The van der Waals surface area contributed by atoms with Crippen molar-refractivity contribution in [1.29, 1.82) is 0 Å². The third-order valence-electron chi connectivity index (χ3n) is 1.90. The molecule has 0 saturated carbocycles. The van der Waals surface area contributed by atoms with Gasteiger partial charge < -0.3 is 0 Å². The van der Waals surface area contributed by atoms with E-state index in [0.717, 1.165) is 6.42 Å². The van der Waals surface area contributed by atoms with Crippen molar-refractivity contribution in [3.63, 3.8) is 0 Å². The molecule has 0 spiro atoms. The summed E-state index contributed by atoms with van der Waals surface area (Å²) in [6.45, 7) is 0. The van der Waals surface area contributed by atoms with Crippen LogP contribution in [0.15, 0.2) is 48.8 Å². The molecule has 1 radical (unpaired) electrons. The first-order valence-corrected chi connectivity index (χ1v) is 4.29. The van der Waals surface area contributed by atoms with Gasteiger partial charge in [0.1, 0.15) is 0 Å². The second kappa shape index (κ2) is 3.85. The second-order valence-electron chi connectivity index (χ2n) is 2.95. The van der Waals surface area contributed by atoms with Gasteiger partial charge in [0.15, 0.2) is 0 Å². The summed E-state index contributed by atoms with van der Waals surface area (Å²) in [5.74, 6) is 0. The van der Waals surface area contributed by atoms with E-state index < -0.39 is 0 Å². The molecule has 1 nitrogen and oxygen atoms in total. The fraction of sp³-hybridized carbons (Fsp3) is 0.0833. The van der Waals surface area contributed by atoms with Gasteiger partial charge in [-0.15, -0.1) is 0 Å². The molecule has 13 heavy (non-hydrogen) atoms. The van der Waals surface area contributed by atoms with Gasteiger partial charge in [0.2, 0.25) is 0 Å². The van der Waals surface area contributed by atoms with Crippen LogP contribution < -0.4 is 0 Å². The average molecular weight is 168 g/mol. The Morgan fingerprint density at radius 2 is 2.08 bits per heavy atom. The van der Waals surface area contributed by atoms with Crippen molar-refractivity contribution in [3.05, 3.63) is 66.0 Å². The Labute approximate surface area is 78.1 Å². The molecular weight excluding hydrogens is 158 g/mol. The van der Waals surface area contributed by atoms with Crippen LogP contribution in [0.3, 0.4) is 0 Å². The number of pyridine rings is 1. The second-order valence-corrected chi connectivity index (χ2v) is 2.95. The summed E-state index contributed by atoms with van der Waals surface area (Å²) in [5, 5.41) is 0. The molecule has 0 amide bonds. The van der Waals surface area contributed by atoms with Gasteiger partial charge in [-0.1, -0.05) is 30.3 Å². The topological polar surface area (TPSA) is 12.9 Å². The lowest BCUT2D eigenvalue weighted by Gasteiger charge is -1.99. The molecule has 1 aromatic carbocycles. The molecule has 0 bridgehead atoms. The molecular formula is C12H10N. The molecule has 0 aliphatic rings. The predicted molar refractivity (Wildman–Crippen MR) is 52.3 cm³/mol. The third kappa shape index (κ3) is 2.15. The first-order valence-electron chi connectivity index (χ1n) is 4.29. The molecule has 63 valence electrons. The zero-order valence-corrected chi connectivity index (χ0v) is 7.27. The summed E-state index contributed by atoms with van der Waals surface area (Å²) in [4.78, 5) is 4.07. The molecule has 0 fully saturated rings. The smallest absolute Gasteiger partial charge is 0.0303 e. The van der Waals surface area contributed by atoms with Gasteiger partial charge in [-0.3, -0.25) is 4.98 Å². The van der Waals surface area contributed by atoms with Crippen LogP contribution in [0.4, 0.5) is 0 Å². The molecule has 0 aliphatic carbocycles. The summed E-state index contributed by atoms with van der Waals surface area (Å²) >= 11 is 0. The van der Waals surface area contributed by atoms with Crippen LogP contribution in [0.5, 0.6) is 0 Å². The SMILES string of the molecule is [c]1cccc(Cc2cccnc2)c1. The Bertz CT molecular complexity index is 316. The van der Waals surface area contributed by atoms with E-state index in [0.29, 0.717) is 0 Å². The van der Waals surface area contributed by atoms with Crippen LogP contribution in [-0.4, -0.2) is 4.98 Å². The predicted octanol–water partition coefficient (Wildman–Crippen LogP) is 2.47. The summed E-state index contributed by atoms with van der Waals surface area (Å²) < 4.78 is 0. The van der Waals surface area contributed by atoms with Crippen molar-refractivity contribution in [3.8, 4) is 0 Å². The molecule has 0 atom stereocenters. The molecule has 0 N–H and O–H groups in total. The van der Waals surface area contributed by atoms with E-state index in [1.54, 1.807) is 6.20 Å². The van der Waals surface area contributed by atoms with E-state index in [4.69, 9.17) is 0 Å². The number of hydrogen-bond acceptors (Lipinski definition) is 1. The maximum atomic E-state index is 4.07. The van der Waals surface area contributed by atoms with Crippen molar-refractivity contribution in [1.82, 2.24) is 4.98 Å². The van der Waals surface area contributed by atoms with Crippen molar-refractivity contribution < 1.29 is 0 Å². The zero-order chi connectivity index (χ0) is 8.93. The summed E-state index contributed by atoms with van der Waals surface area (Å²) in [6, 6.07) is 15.1. The molecule has 0 aliphatic heterocycles. The van der Waals surface area contributed by atoms with E-state index in [-0.39, 0.29) is 0 Å². The van der Waals surface area contributed by atoms with E-state index in [9.17, 15) is 0 Å². The van der Waals surface area contributed by atoms with Crippen LogP contribution in [-0.2, 0) is 6.42 Å². The lowest BCUT2D eigenvalue weighted by atomic mass is 10.1. The largest absolute Gasteiger partial charge is 0.264 e. The molecule has 1 heteroatoms. The molecule has 1 aromatic heterocycles. The lowest BCUT2D eigenvalue weighted by molar-refractivity contribution is 1.14. The van der Waals surface area contributed by atoms with E-state index in [1.165, 1.54) is 11.1 Å². The Morgan fingerprint density at radius 3 is 2.77 bits per heavy atom. The average Bonchev–Trinajstić information content (AvgIpc) is 2.21. The number of aromatic nitrogens is 1. The van der Waals surface area contributed by atoms with E-state index >= 15 is 0 Å². The lowest BCUT2D eigenvalue weighted by Crippen LogP contribution is -1.87. The fourth-order valence-corrected chi connectivity index (χ4v) is 1.28. The molecule has 2 aromatic rings. The quantitative estimate of drug-likeness (QED) is 0.671. The van der Waals surface area contributed by atoms with Gasteiger partial charge in [0.25, 0.3) is 0 Å². The molecule has 1 heterocycles. The van der Waals surface area contributed by atoms with Gasteiger partial charge in [-0.2, -0.15) is 0 Å². The normalized spacial score (nSPS) is 9.85. The van der Waals surface area contributed by atoms with Gasteiger partial charge in [0.05, 0.1) is 0 Å². The van der Waals surface area contributed by atoms with Crippen molar-refractivity contribution in [2.24, 2.45) is 0 Å². The third-order valence-corrected chi connectivity index (χ3v) is 1.90. The number of nitrogens with zero attached hydrogens (tertiary/aromatic N) is 1. The van der Waals surface area contributed by atoms with Gasteiger partial charge in [-0.25, -0.2) is 0 Å². The minimum atomic E-state index is 0.936. The Balaban J connectivity index is 2.16. The summed E-state index contributed by atoms with van der Waals surface area (Å²) in [7, 11) is 0. The maximum absolute atomic E-state index is 4.07. The molecule has 0 saturated heterocycles. The highest BCUT2D eigenvalue weighted by Gasteiger charge is 1.93. The Kier molecular flexibility index (Phi) is 2.37. The fourth-order valence-electron chi connectivity index (χ4n) is 1.28. The van der Waals surface area contributed by atoms with Crippen LogP contribution in [0.2, 0.25) is 0 Å². The first kappa shape index (κ1) is 7.99. The monoisotopic (exact) mass is 168 g/mol. The first-order chi connectivity index (χ1) is 6.45. The standard InChI is InChI=1S/C12H10N/c1-2-5-11(6-3-1)9-12-7-4-8-13-10-12/h1-2,4-8,10H,9H2. The van der Waals surface area contributed by atoms with E-state index in [1.807, 2.05) is 30.5 Å². The number of hydrogen-bond donors (Lipinski definition) is 0. The highest BCUT2D eigenvalue weighted by Crippen LogP contribution is 2.06. The minimum absolute atomic E-state index is 0.936. The van der Waals surface area contributed by atoms with E-state index in [2.05, 4.69) is 23.2 Å².